The molecule has 0 spiro atoms. The molecule has 0 saturated carbocycles. The van der Waals surface area contributed by atoms with Crippen LogP contribution in [-0.2, 0) is 4.79 Å². The minimum Gasteiger partial charge on any atom is -0.340 e. The molecule has 2 aromatic carbocycles. The van der Waals surface area contributed by atoms with Gasteiger partial charge in [0, 0.05) is 17.8 Å². The van der Waals surface area contributed by atoms with Crippen molar-refractivity contribution in [2.75, 3.05) is 11.4 Å². The summed E-state index contributed by atoms with van der Waals surface area (Å²) >= 11 is 0. The Morgan fingerprint density at radius 2 is 1.77 bits per heavy atom. The van der Waals surface area contributed by atoms with Crippen molar-refractivity contribution >= 4 is 17.5 Å². The Bertz CT molecular complexity index is 680. The van der Waals surface area contributed by atoms with Crippen LogP contribution in [0.15, 0.2) is 54.6 Å². The van der Waals surface area contributed by atoms with Gasteiger partial charge in [-0.3, -0.25) is 9.59 Å². The first-order valence-electron chi connectivity index (χ1n) is 7.39. The molecular formula is C18H18N2O2. The lowest BCUT2D eigenvalue weighted by Crippen LogP contribution is -2.41. The van der Waals surface area contributed by atoms with Gasteiger partial charge in [0.1, 0.15) is 6.04 Å². The smallest absolute Gasteiger partial charge is 0.251 e. The fourth-order valence-electron chi connectivity index (χ4n) is 2.63. The molecule has 0 aromatic heterocycles. The summed E-state index contributed by atoms with van der Waals surface area (Å²) in [4.78, 5) is 26.4. The lowest BCUT2D eigenvalue weighted by Gasteiger charge is -2.17. The van der Waals surface area contributed by atoms with E-state index in [0.717, 1.165) is 11.3 Å². The van der Waals surface area contributed by atoms with Gasteiger partial charge >= 0.3 is 0 Å². The molecule has 1 atom stereocenters. The first kappa shape index (κ1) is 14.3. The van der Waals surface area contributed by atoms with E-state index >= 15 is 0 Å². The third-order valence-corrected chi connectivity index (χ3v) is 3.89. The zero-order chi connectivity index (χ0) is 15.5. The molecule has 4 heteroatoms. The fourth-order valence-corrected chi connectivity index (χ4v) is 2.63. The third-order valence-electron chi connectivity index (χ3n) is 3.89. The van der Waals surface area contributed by atoms with Gasteiger partial charge in [-0.25, -0.2) is 0 Å². The molecule has 0 aliphatic carbocycles. The SMILES string of the molecule is Cc1ccc(N2CCC(NC(=O)c3ccccc3)C2=O)cc1. The highest BCUT2D eigenvalue weighted by Gasteiger charge is 2.33. The number of rotatable bonds is 3. The first-order chi connectivity index (χ1) is 10.6. The standard InChI is InChI=1S/C18H18N2O2/c1-13-7-9-15(10-8-13)20-12-11-16(18(20)22)19-17(21)14-5-3-2-4-6-14/h2-10,16H,11-12H2,1H3,(H,19,21). The van der Waals surface area contributed by atoms with E-state index in [9.17, 15) is 9.59 Å². The summed E-state index contributed by atoms with van der Waals surface area (Å²) in [5, 5.41) is 2.83. The van der Waals surface area contributed by atoms with Crippen LogP contribution in [-0.4, -0.2) is 24.4 Å². The molecule has 1 unspecified atom stereocenters. The van der Waals surface area contributed by atoms with E-state index in [0.29, 0.717) is 18.5 Å². The van der Waals surface area contributed by atoms with Crippen LogP contribution < -0.4 is 10.2 Å². The highest BCUT2D eigenvalue weighted by molar-refractivity contribution is 6.03. The second-order valence-corrected chi connectivity index (χ2v) is 5.51. The summed E-state index contributed by atoms with van der Waals surface area (Å²) in [6.45, 7) is 2.64. The number of nitrogens with one attached hydrogen (secondary N) is 1. The van der Waals surface area contributed by atoms with E-state index in [1.54, 1.807) is 17.0 Å². The maximum Gasteiger partial charge on any atom is 0.251 e. The van der Waals surface area contributed by atoms with Crippen molar-refractivity contribution in [1.29, 1.82) is 0 Å². The molecular weight excluding hydrogens is 276 g/mol. The van der Waals surface area contributed by atoms with Gasteiger partial charge in [0.2, 0.25) is 5.91 Å². The second-order valence-electron chi connectivity index (χ2n) is 5.51. The average Bonchev–Trinajstić information content (AvgIpc) is 2.90. The van der Waals surface area contributed by atoms with Crippen molar-refractivity contribution in [3.05, 3.63) is 65.7 Å². The number of carbonyl (C=O) groups excluding carboxylic acids is 2. The monoisotopic (exact) mass is 294 g/mol. The molecule has 4 nitrogen and oxygen atoms in total. The second kappa shape index (κ2) is 6.02. The van der Waals surface area contributed by atoms with Crippen LogP contribution in [0.5, 0.6) is 0 Å². The van der Waals surface area contributed by atoms with Crippen molar-refractivity contribution in [2.24, 2.45) is 0 Å². The number of amides is 2. The zero-order valence-corrected chi connectivity index (χ0v) is 12.5. The molecule has 1 N–H and O–H groups in total. The van der Waals surface area contributed by atoms with E-state index in [1.165, 1.54) is 0 Å². The van der Waals surface area contributed by atoms with Crippen LogP contribution in [0, 0.1) is 6.92 Å². The number of aryl methyl sites for hydroxylation is 1. The van der Waals surface area contributed by atoms with Crippen LogP contribution in [0.2, 0.25) is 0 Å². The predicted octanol–water partition coefficient (Wildman–Crippen LogP) is 2.53. The van der Waals surface area contributed by atoms with Gasteiger partial charge in [-0.05, 0) is 37.6 Å². The Morgan fingerprint density at radius 1 is 1.09 bits per heavy atom. The van der Waals surface area contributed by atoms with Crippen molar-refractivity contribution in [1.82, 2.24) is 5.32 Å². The highest BCUT2D eigenvalue weighted by atomic mass is 16.2. The van der Waals surface area contributed by atoms with Crippen LogP contribution in [0.3, 0.4) is 0 Å². The molecule has 2 amide bonds. The Kier molecular flexibility index (Phi) is 3.92. The van der Waals surface area contributed by atoms with Crippen LogP contribution in [0.1, 0.15) is 22.3 Å². The zero-order valence-electron chi connectivity index (χ0n) is 12.5. The summed E-state index contributed by atoms with van der Waals surface area (Å²) < 4.78 is 0. The van der Waals surface area contributed by atoms with E-state index in [4.69, 9.17) is 0 Å². The number of nitrogens with zero attached hydrogens (tertiary/aromatic N) is 1. The summed E-state index contributed by atoms with van der Waals surface area (Å²) in [5.74, 6) is -0.252. The van der Waals surface area contributed by atoms with E-state index in [1.807, 2.05) is 49.4 Å². The summed E-state index contributed by atoms with van der Waals surface area (Å²) in [7, 11) is 0. The molecule has 0 radical (unpaired) electrons. The van der Waals surface area contributed by atoms with Gasteiger partial charge in [0.25, 0.3) is 5.91 Å². The van der Waals surface area contributed by atoms with Gasteiger partial charge in [0.15, 0.2) is 0 Å². The lowest BCUT2D eigenvalue weighted by atomic mass is 10.2. The van der Waals surface area contributed by atoms with Gasteiger partial charge in [-0.15, -0.1) is 0 Å². The Labute approximate surface area is 129 Å². The molecule has 1 saturated heterocycles. The topological polar surface area (TPSA) is 49.4 Å². The summed E-state index contributed by atoms with van der Waals surface area (Å²) in [6.07, 6.45) is 0.630. The van der Waals surface area contributed by atoms with Gasteiger partial charge in [-0.2, -0.15) is 0 Å². The van der Waals surface area contributed by atoms with Crippen LogP contribution in [0.25, 0.3) is 0 Å². The maximum absolute atomic E-state index is 12.5. The van der Waals surface area contributed by atoms with Gasteiger partial charge in [0.05, 0.1) is 0 Å². The summed E-state index contributed by atoms with van der Waals surface area (Å²) in [6, 6.07) is 16.4. The number of hydrogen-bond acceptors (Lipinski definition) is 2. The normalized spacial score (nSPS) is 17.6. The molecule has 1 fully saturated rings. The quantitative estimate of drug-likeness (QED) is 0.945. The molecule has 3 rings (SSSR count). The third kappa shape index (κ3) is 2.86. The van der Waals surface area contributed by atoms with Crippen molar-refractivity contribution in [3.8, 4) is 0 Å². The maximum atomic E-state index is 12.5. The summed E-state index contributed by atoms with van der Waals surface area (Å²) in [5.41, 5.74) is 2.61. The van der Waals surface area contributed by atoms with Crippen molar-refractivity contribution < 1.29 is 9.59 Å². The Hall–Kier alpha value is -2.62. The highest BCUT2D eigenvalue weighted by Crippen LogP contribution is 2.22. The predicted molar refractivity (Wildman–Crippen MR) is 85.8 cm³/mol. The molecule has 1 aliphatic heterocycles. The van der Waals surface area contributed by atoms with Gasteiger partial charge in [-0.1, -0.05) is 35.9 Å². The average molecular weight is 294 g/mol. The Morgan fingerprint density at radius 3 is 2.45 bits per heavy atom. The first-order valence-corrected chi connectivity index (χ1v) is 7.39. The van der Waals surface area contributed by atoms with E-state index in [-0.39, 0.29) is 11.8 Å². The number of carbonyl (C=O) groups is 2. The van der Waals surface area contributed by atoms with E-state index in [2.05, 4.69) is 5.32 Å². The molecule has 22 heavy (non-hydrogen) atoms. The number of hydrogen-bond donors (Lipinski definition) is 1. The minimum atomic E-state index is -0.450. The van der Waals surface area contributed by atoms with Gasteiger partial charge < -0.3 is 10.2 Å². The Balaban J connectivity index is 1.69. The molecule has 1 heterocycles. The van der Waals surface area contributed by atoms with Crippen LogP contribution in [0.4, 0.5) is 5.69 Å². The van der Waals surface area contributed by atoms with Crippen molar-refractivity contribution in [2.45, 2.75) is 19.4 Å². The van der Waals surface area contributed by atoms with Crippen molar-refractivity contribution in [3.63, 3.8) is 0 Å². The molecule has 1 aliphatic rings. The molecule has 0 bridgehead atoms. The fraction of sp³-hybridized carbons (Fsp3) is 0.222. The number of anilines is 1. The largest absolute Gasteiger partial charge is 0.340 e. The molecule has 2 aromatic rings. The number of benzene rings is 2. The van der Waals surface area contributed by atoms with E-state index < -0.39 is 6.04 Å². The molecule has 112 valence electrons. The van der Waals surface area contributed by atoms with Crippen LogP contribution >= 0.6 is 0 Å². The minimum absolute atomic E-state index is 0.0480. The lowest BCUT2D eigenvalue weighted by molar-refractivity contribution is -0.118.